The van der Waals surface area contributed by atoms with E-state index >= 15 is 0 Å². The molecule has 0 aliphatic rings. The summed E-state index contributed by atoms with van der Waals surface area (Å²) in [4.78, 5) is 49.8. The number of rotatable bonds is 12. The van der Waals surface area contributed by atoms with Gasteiger partial charge in [-0.2, -0.15) is 0 Å². The molecule has 0 aromatic heterocycles. The molecule has 0 saturated carbocycles. The smallest absolute Gasteiger partial charge is 0.312 e. The van der Waals surface area contributed by atoms with Gasteiger partial charge in [0, 0.05) is 23.5 Å². The molecule has 5 amide bonds. The average molecular weight is 499 g/mol. The number of hydrogen-bond acceptors (Lipinski definition) is 6. The Labute approximate surface area is 210 Å². The molecule has 11 nitrogen and oxygen atoms in total. The fourth-order valence-electron chi connectivity index (χ4n) is 3.36. The van der Waals surface area contributed by atoms with Gasteiger partial charge in [-0.25, -0.2) is 4.79 Å². The molecule has 2 aromatic carbocycles. The van der Waals surface area contributed by atoms with Crippen LogP contribution in [0.4, 0.5) is 16.2 Å². The second-order valence-electron chi connectivity index (χ2n) is 8.66. The molecule has 0 heterocycles. The first-order valence-corrected chi connectivity index (χ1v) is 11.6. The highest BCUT2D eigenvalue weighted by molar-refractivity contribution is 6.00. The van der Waals surface area contributed by atoms with Gasteiger partial charge in [0.15, 0.2) is 0 Å². The Morgan fingerprint density at radius 2 is 1.56 bits per heavy atom. The summed E-state index contributed by atoms with van der Waals surface area (Å²) in [7, 11) is 0. The Balaban J connectivity index is 2.12. The van der Waals surface area contributed by atoms with Crippen molar-refractivity contribution in [1.29, 1.82) is 0 Å². The van der Waals surface area contributed by atoms with E-state index in [1.807, 2.05) is 0 Å². The van der Waals surface area contributed by atoms with Gasteiger partial charge in [0.25, 0.3) is 5.91 Å². The van der Waals surface area contributed by atoms with E-state index in [0.717, 1.165) is 0 Å². The number of anilines is 2. The molecule has 2 aromatic rings. The van der Waals surface area contributed by atoms with Crippen molar-refractivity contribution >= 4 is 35.1 Å². The number of primary amides is 1. The molecule has 0 spiro atoms. The zero-order valence-corrected chi connectivity index (χ0v) is 20.4. The van der Waals surface area contributed by atoms with Crippen LogP contribution in [-0.2, 0) is 16.2 Å². The zero-order valence-electron chi connectivity index (χ0n) is 20.4. The molecule has 2 atom stereocenters. The summed E-state index contributed by atoms with van der Waals surface area (Å²) in [5, 5.41) is 19.8. The van der Waals surface area contributed by atoms with E-state index in [0.29, 0.717) is 28.9 Å². The third-order valence-electron chi connectivity index (χ3n) is 5.41. The van der Waals surface area contributed by atoms with Crippen molar-refractivity contribution in [3.63, 3.8) is 0 Å². The van der Waals surface area contributed by atoms with E-state index in [9.17, 15) is 24.3 Å². The van der Waals surface area contributed by atoms with E-state index in [2.05, 4.69) is 21.3 Å². The maximum absolute atomic E-state index is 13.2. The highest BCUT2D eigenvalue weighted by atomic mass is 16.3. The summed E-state index contributed by atoms with van der Waals surface area (Å²) in [6, 6.07) is 10.4. The molecule has 0 fully saturated rings. The minimum atomic E-state index is -0.945. The Morgan fingerprint density at radius 3 is 2.11 bits per heavy atom. The highest BCUT2D eigenvalue weighted by Gasteiger charge is 2.29. The number of aliphatic hydroxyl groups is 1. The number of nitrogen functional groups attached to an aromatic ring is 1. The number of urea groups is 1. The van der Waals surface area contributed by atoms with E-state index in [-0.39, 0.29) is 25.5 Å². The standard InChI is InChI=1S/C25H34N6O5/c1-15(2)21(31-22(33)17-7-9-18(26)10-8-17)24(35)30-20(4-3-13-28-25(27)36)23(34)29-19-11-5-16(14-32)6-12-19/h5-12,15,20-21,32H,3-4,13-14,26H2,1-2H3,(H,29,34)(H,30,35)(H,31,33)(H3,27,28,36)/t20-,21-/m0/s1. The fraction of sp³-hybridized carbons (Fsp3) is 0.360. The first kappa shape index (κ1) is 28.1. The Kier molecular flexibility index (Phi) is 10.7. The van der Waals surface area contributed by atoms with Crippen LogP contribution < -0.4 is 32.7 Å². The second-order valence-corrected chi connectivity index (χ2v) is 8.66. The third kappa shape index (κ3) is 8.91. The lowest BCUT2D eigenvalue weighted by Crippen LogP contribution is -2.54. The van der Waals surface area contributed by atoms with E-state index in [1.54, 1.807) is 62.4 Å². The minimum Gasteiger partial charge on any atom is -0.399 e. The van der Waals surface area contributed by atoms with Crippen LogP contribution in [0.5, 0.6) is 0 Å². The molecule has 0 aliphatic heterocycles. The Hall–Kier alpha value is -4.12. The molecule has 0 bridgehead atoms. The number of amides is 5. The number of aliphatic hydroxyl groups excluding tert-OH is 1. The van der Waals surface area contributed by atoms with Crippen LogP contribution in [-0.4, -0.2) is 47.5 Å². The first-order chi connectivity index (χ1) is 17.1. The van der Waals surface area contributed by atoms with Gasteiger partial charge in [0.1, 0.15) is 12.1 Å². The van der Waals surface area contributed by atoms with E-state index in [1.165, 1.54) is 0 Å². The monoisotopic (exact) mass is 498 g/mol. The van der Waals surface area contributed by atoms with Crippen molar-refractivity contribution in [2.24, 2.45) is 11.7 Å². The van der Waals surface area contributed by atoms with Crippen LogP contribution in [0.2, 0.25) is 0 Å². The molecule has 9 N–H and O–H groups in total. The van der Waals surface area contributed by atoms with E-state index < -0.39 is 35.8 Å². The molecule has 0 radical (unpaired) electrons. The largest absolute Gasteiger partial charge is 0.399 e. The molecular formula is C25H34N6O5. The molecule has 0 saturated heterocycles. The van der Waals surface area contributed by atoms with Crippen LogP contribution in [0.1, 0.15) is 42.6 Å². The van der Waals surface area contributed by atoms with Gasteiger partial charge in [-0.1, -0.05) is 26.0 Å². The Bertz CT molecular complexity index is 1040. The summed E-state index contributed by atoms with van der Waals surface area (Å²) in [5.74, 6) is -1.70. The number of hydrogen-bond donors (Lipinski definition) is 7. The number of carbonyl (C=O) groups excluding carboxylic acids is 4. The van der Waals surface area contributed by atoms with Crippen LogP contribution >= 0.6 is 0 Å². The first-order valence-electron chi connectivity index (χ1n) is 11.6. The number of carbonyl (C=O) groups is 4. The van der Waals surface area contributed by atoms with Crippen LogP contribution in [0, 0.1) is 5.92 Å². The molecule has 11 heteroatoms. The summed E-state index contributed by atoms with van der Waals surface area (Å²) in [6.45, 7) is 3.66. The summed E-state index contributed by atoms with van der Waals surface area (Å²) in [6.07, 6.45) is 0.582. The molecular weight excluding hydrogens is 464 g/mol. The van der Waals surface area contributed by atoms with Gasteiger partial charge >= 0.3 is 6.03 Å². The lowest BCUT2D eigenvalue weighted by atomic mass is 10.0. The molecule has 0 aliphatic carbocycles. The van der Waals surface area contributed by atoms with Crippen molar-refractivity contribution in [2.75, 3.05) is 17.6 Å². The van der Waals surface area contributed by atoms with Crippen molar-refractivity contribution in [1.82, 2.24) is 16.0 Å². The number of nitrogens with one attached hydrogen (secondary N) is 4. The minimum absolute atomic E-state index is 0.127. The quantitative estimate of drug-likeness (QED) is 0.169. The average Bonchev–Trinajstić information content (AvgIpc) is 2.84. The van der Waals surface area contributed by atoms with Gasteiger partial charge in [0.2, 0.25) is 11.8 Å². The fourth-order valence-corrected chi connectivity index (χ4v) is 3.36. The topological polar surface area (TPSA) is 189 Å². The lowest BCUT2D eigenvalue weighted by molar-refractivity contribution is -0.128. The normalized spacial score (nSPS) is 12.3. The second kappa shape index (κ2) is 13.7. The van der Waals surface area contributed by atoms with Crippen LogP contribution in [0.3, 0.4) is 0 Å². The predicted octanol–water partition coefficient (Wildman–Crippen LogP) is 1.09. The van der Waals surface area contributed by atoms with Crippen molar-refractivity contribution < 1.29 is 24.3 Å². The van der Waals surface area contributed by atoms with Crippen molar-refractivity contribution in [3.05, 3.63) is 59.7 Å². The van der Waals surface area contributed by atoms with Gasteiger partial charge in [-0.05, 0) is 60.7 Å². The SMILES string of the molecule is CC(C)[C@H](NC(=O)c1ccc(N)cc1)C(=O)N[C@@H](CCCNC(N)=O)C(=O)Nc1ccc(CO)cc1. The summed E-state index contributed by atoms with van der Waals surface area (Å²) >= 11 is 0. The Morgan fingerprint density at radius 1 is 0.917 bits per heavy atom. The van der Waals surface area contributed by atoms with Gasteiger partial charge in [-0.3, -0.25) is 14.4 Å². The predicted molar refractivity (Wildman–Crippen MR) is 137 cm³/mol. The number of benzene rings is 2. The third-order valence-corrected chi connectivity index (χ3v) is 5.41. The van der Waals surface area contributed by atoms with E-state index in [4.69, 9.17) is 11.5 Å². The number of nitrogens with two attached hydrogens (primary N) is 2. The summed E-state index contributed by atoms with van der Waals surface area (Å²) < 4.78 is 0. The van der Waals surface area contributed by atoms with Gasteiger partial charge < -0.3 is 37.8 Å². The van der Waals surface area contributed by atoms with Crippen LogP contribution in [0.15, 0.2) is 48.5 Å². The maximum atomic E-state index is 13.2. The highest BCUT2D eigenvalue weighted by Crippen LogP contribution is 2.12. The lowest BCUT2D eigenvalue weighted by Gasteiger charge is -2.25. The molecule has 36 heavy (non-hydrogen) atoms. The zero-order chi connectivity index (χ0) is 26.7. The van der Waals surface area contributed by atoms with Crippen molar-refractivity contribution in [3.8, 4) is 0 Å². The molecule has 194 valence electrons. The molecule has 0 unspecified atom stereocenters. The van der Waals surface area contributed by atoms with Gasteiger partial charge in [0.05, 0.1) is 6.61 Å². The maximum Gasteiger partial charge on any atom is 0.312 e. The summed E-state index contributed by atoms with van der Waals surface area (Å²) in [5.41, 5.74) is 12.8. The van der Waals surface area contributed by atoms with Crippen molar-refractivity contribution in [2.45, 2.75) is 45.4 Å². The molecule has 2 rings (SSSR count). The van der Waals surface area contributed by atoms with Crippen LogP contribution in [0.25, 0.3) is 0 Å². The van der Waals surface area contributed by atoms with Gasteiger partial charge in [-0.15, -0.1) is 0 Å².